The van der Waals surface area contributed by atoms with Gasteiger partial charge in [0.25, 0.3) is 0 Å². The molecule has 0 atom stereocenters. The largest absolute Gasteiger partial charge is 0.333 e. The van der Waals surface area contributed by atoms with Gasteiger partial charge in [-0.2, -0.15) is 0 Å². The minimum Gasteiger partial charge on any atom is -0.333 e. The van der Waals surface area contributed by atoms with Gasteiger partial charge in [-0.1, -0.05) is 12.2 Å². The van der Waals surface area contributed by atoms with Gasteiger partial charge in [0.05, 0.1) is 15.7 Å². The van der Waals surface area contributed by atoms with Crippen molar-refractivity contribution in [3.8, 4) is 0 Å². The lowest BCUT2D eigenvalue weighted by atomic mass is 10.2. The highest BCUT2D eigenvalue weighted by Crippen LogP contribution is 2.34. The van der Waals surface area contributed by atoms with Crippen molar-refractivity contribution >= 4 is 39.3 Å². The fourth-order valence-corrected chi connectivity index (χ4v) is 2.02. The van der Waals surface area contributed by atoms with E-state index >= 15 is 0 Å². The summed E-state index contributed by atoms with van der Waals surface area (Å²) in [6, 6.07) is 2.56. The lowest BCUT2D eigenvalue weighted by Crippen LogP contribution is -2.23. The molecule has 0 amide bonds. The molecule has 0 heterocycles. The van der Waals surface area contributed by atoms with Gasteiger partial charge in [-0.15, -0.1) is 0 Å². The van der Waals surface area contributed by atoms with Crippen LogP contribution in [0.15, 0.2) is 16.6 Å². The van der Waals surface area contributed by atoms with Crippen molar-refractivity contribution in [3.05, 3.63) is 28.2 Å². The average Bonchev–Trinajstić information content (AvgIpc) is 2.99. The monoisotopic (exact) mass is 291 g/mol. The van der Waals surface area contributed by atoms with Crippen molar-refractivity contribution in [2.45, 2.75) is 18.9 Å². The highest BCUT2D eigenvalue weighted by Gasteiger charge is 2.30. The summed E-state index contributed by atoms with van der Waals surface area (Å²) in [5.41, 5.74) is 1.75. The molecule has 0 saturated heterocycles. The van der Waals surface area contributed by atoms with Crippen molar-refractivity contribution in [3.63, 3.8) is 0 Å². The second kappa shape index (κ2) is 4.14. The van der Waals surface area contributed by atoms with Crippen LogP contribution >= 0.6 is 28.1 Å². The van der Waals surface area contributed by atoms with Crippen molar-refractivity contribution in [1.82, 2.24) is 0 Å². The third kappa shape index (κ3) is 2.18. The van der Waals surface area contributed by atoms with Crippen molar-refractivity contribution < 1.29 is 8.78 Å². The van der Waals surface area contributed by atoms with Gasteiger partial charge in [-0.05, 0) is 34.8 Å². The Kier molecular flexibility index (Phi) is 3.02. The zero-order valence-electron chi connectivity index (χ0n) is 7.71. The Morgan fingerprint density at radius 3 is 2.53 bits per heavy atom. The summed E-state index contributed by atoms with van der Waals surface area (Å²) in [5.74, 6) is -1.18. The van der Waals surface area contributed by atoms with Crippen LogP contribution in [-0.2, 0) is 0 Å². The third-order valence-corrected chi connectivity index (χ3v) is 3.16. The zero-order valence-corrected chi connectivity index (χ0v) is 10.1. The van der Waals surface area contributed by atoms with E-state index in [2.05, 4.69) is 15.9 Å². The maximum Gasteiger partial charge on any atom is 0.149 e. The minimum atomic E-state index is -0.601. The van der Waals surface area contributed by atoms with Gasteiger partial charge in [0.2, 0.25) is 0 Å². The van der Waals surface area contributed by atoms with E-state index in [9.17, 15) is 8.78 Å². The summed E-state index contributed by atoms with van der Waals surface area (Å²) in [7, 11) is 0. The zero-order chi connectivity index (χ0) is 11.0. The first-order valence-electron chi connectivity index (χ1n) is 4.51. The summed E-state index contributed by atoms with van der Waals surface area (Å²) in [5, 5.41) is 0. The van der Waals surface area contributed by atoms with Gasteiger partial charge in [0.15, 0.2) is 0 Å². The molecule has 1 aromatic carbocycles. The molecular weight excluding hydrogens is 284 g/mol. The molecule has 0 unspecified atom stereocenters. The van der Waals surface area contributed by atoms with Gasteiger partial charge in [0.1, 0.15) is 11.6 Å². The maximum absolute atomic E-state index is 13.5. The van der Waals surface area contributed by atoms with E-state index in [4.69, 9.17) is 12.2 Å². The first kappa shape index (κ1) is 11.0. The molecule has 0 aliphatic heterocycles. The highest BCUT2D eigenvalue weighted by molar-refractivity contribution is 9.10. The lowest BCUT2D eigenvalue weighted by Gasteiger charge is -2.19. The van der Waals surface area contributed by atoms with Crippen molar-refractivity contribution in [2.24, 2.45) is 0 Å². The summed E-state index contributed by atoms with van der Waals surface area (Å²) in [4.78, 5) is 1.68. The number of anilines is 1. The van der Waals surface area contributed by atoms with E-state index in [0.29, 0.717) is 5.69 Å². The number of rotatable bonds is 3. The molecular formula is C10H8BrF2NS. The topological polar surface area (TPSA) is 3.24 Å². The van der Waals surface area contributed by atoms with Crippen LogP contribution in [0.3, 0.4) is 0 Å². The van der Waals surface area contributed by atoms with Gasteiger partial charge in [0, 0.05) is 12.1 Å². The van der Waals surface area contributed by atoms with E-state index in [1.165, 1.54) is 11.6 Å². The predicted molar refractivity (Wildman–Crippen MR) is 63.2 cm³/mol. The Morgan fingerprint density at radius 2 is 2.00 bits per heavy atom. The standard InChI is InChI=1S/C10H8BrF2NS/c11-7-3-10(9(13)4-8(7)12)14(5-15)6-1-2-6/h3-6H,1-2H2. The lowest BCUT2D eigenvalue weighted by molar-refractivity contribution is 0.578. The molecule has 1 aliphatic carbocycles. The molecule has 5 heteroatoms. The second-order valence-corrected chi connectivity index (χ2v) is 4.53. The van der Waals surface area contributed by atoms with E-state index in [1.54, 1.807) is 4.90 Å². The quantitative estimate of drug-likeness (QED) is 0.618. The molecule has 0 spiro atoms. The summed E-state index contributed by atoms with van der Waals surface area (Å²) < 4.78 is 26.7. The molecule has 1 aromatic rings. The predicted octanol–water partition coefficient (Wildman–Crippen LogP) is 3.65. The molecule has 0 bridgehead atoms. The smallest absolute Gasteiger partial charge is 0.149 e. The fraction of sp³-hybridized carbons (Fsp3) is 0.300. The van der Waals surface area contributed by atoms with Crippen molar-refractivity contribution in [1.29, 1.82) is 0 Å². The molecule has 1 aliphatic rings. The van der Waals surface area contributed by atoms with Crippen LogP contribution in [0.2, 0.25) is 0 Å². The molecule has 1 nitrogen and oxygen atoms in total. The summed E-state index contributed by atoms with van der Waals surface area (Å²) in [6.45, 7) is 0. The van der Waals surface area contributed by atoms with Gasteiger partial charge in [-0.25, -0.2) is 8.78 Å². The third-order valence-electron chi connectivity index (χ3n) is 2.32. The first-order valence-corrected chi connectivity index (χ1v) is 5.78. The number of thiocarbonyl (C=S) groups is 1. The normalized spacial score (nSPS) is 15.1. The van der Waals surface area contributed by atoms with Crippen LogP contribution in [0.5, 0.6) is 0 Å². The Hall–Kier alpha value is -0.550. The number of hydrogen-bond donors (Lipinski definition) is 0. The van der Waals surface area contributed by atoms with Gasteiger partial charge < -0.3 is 4.90 Å². The van der Waals surface area contributed by atoms with E-state index < -0.39 is 11.6 Å². The summed E-state index contributed by atoms with van der Waals surface area (Å²) in [6.07, 6.45) is 2.00. The molecule has 80 valence electrons. The summed E-state index contributed by atoms with van der Waals surface area (Å²) >= 11 is 7.86. The Labute approximate surface area is 100 Å². The second-order valence-electron chi connectivity index (χ2n) is 3.46. The van der Waals surface area contributed by atoms with Crippen LogP contribution in [0.4, 0.5) is 14.5 Å². The SMILES string of the molecule is Fc1cc(F)c(N(C=S)C2CC2)cc1Br. The maximum atomic E-state index is 13.5. The average molecular weight is 292 g/mol. The fourth-order valence-electron chi connectivity index (χ4n) is 1.40. The molecule has 0 radical (unpaired) electrons. The van der Waals surface area contributed by atoms with Gasteiger partial charge >= 0.3 is 0 Å². The number of benzene rings is 1. The molecule has 15 heavy (non-hydrogen) atoms. The number of hydrogen-bond acceptors (Lipinski definition) is 1. The Balaban J connectivity index is 2.41. The highest BCUT2D eigenvalue weighted by atomic mass is 79.9. The van der Waals surface area contributed by atoms with Crippen LogP contribution in [0.25, 0.3) is 0 Å². The molecule has 2 rings (SSSR count). The van der Waals surface area contributed by atoms with E-state index in [0.717, 1.165) is 18.9 Å². The van der Waals surface area contributed by atoms with Gasteiger partial charge in [-0.3, -0.25) is 0 Å². The van der Waals surface area contributed by atoms with E-state index in [1.807, 2.05) is 0 Å². The van der Waals surface area contributed by atoms with E-state index in [-0.39, 0.29) is 10.5 Å². The Bertz CT molecular complexity index is 407. The van der Waals surface area contributed by atoms with Crippen LogP contribution < -0.4 is 4.90 Å². The minimum absolute atomic E-state index is 0.251. The van der Waals surface area contributed by atoms with Crippen molar-refractivity contribution in [2.75, 3.05) is 4.90 Å². The van der Waals surface area contributed by atoms with Crippen LogP contribution in [0, 0.1) is 11.6 Å². The molecule has 1 saturated carbocycles. The molecule has 1 fully saturated rings. The number of halogens is 3. The molecule has 0 N–H and O–H groups in total. The Morgan fingerprint density at radius 1 is 1.33 bits per heavy atom. The van der Waals surface area contributed by atoms with Crippen LogP contribution in [-0.4, -0.2) is 11.5 Å². The van der Waals surface area contributed by atoms with Crippen LogP contribution in [0.1, 0.15) is 12.8 Å². The molecule has 0 aromatic heterocycles. The first-order chi connectivity index (χ1) is 7.13. The number of nitrogens with zero attached hydrogens (tertiary/aromatic N) is 1.